The van der Waals surface area contributed by atoms with E-state index >= 15 is 0 Å². The third kappa shape index (κ3) is 5.12. The smallest absolute Gasteiger partial charge is 0.193 e. The molecule has 1 aromatic heterocycles. The van der Waals surface area contributed by atoms with E-state index < -0.39 is 0 Å². The fourth-order valence-corrected chi connectivity index (χ4v) is 3.41. The van der Waals surface area contributed by atoms with E-state index in [0.717, 1.165) is 31.0 Å². The molecule has 0 saturated carbocycles. The first-order valence-corrected chi connectivity index (χ1v) is 8.88. The van der Waals surface area contributed by atoms with Crippen LogP contribution in [0.5, 0.6) is 0 Å². The molecule has 1 fully saturated rings. The molecule has 0 amide bonds. The Morgan fingerprint density at radius 3 is 2.78 bits per heavy atom. The zero-order chi connectivity index (χ0) is 18.7. The summed E-state index contributed by atoms with van der Waals surface area (Å²) in [5.74, 6) is 1.12. The molecular formula is C19H28FIN6. The first-order valence-electron chi connectivity index (χ1n) is 8.88. The third-order valence-electron chi connectivity index (χ3n) is 4.84. The number of guanidine groups is 1. The number of nitrogens with one attached hydrogen (secondary N) is 1. The normalized spacial score (nSPS) is 17.0. The zero-order valence-electron chi connectivity index (χ0n) is 16.3. The van der Waals surface area contributed by atoms with E-state index in [1.165, 1.54) is 5.56 Å². The Morgan fingerprint density at radius 1 is 1.41 bits per heavy atom. The molecule has 3 rings (SSSR count). The van der Waals surface area contributed by atoms with E-state index in [-0.39, 0.29) is 29.8 Å². The summed E-state index contributed by atoms with van der Waals surface area (Å²) in [5.41, 5.74) is 2.76. The van der Waals surface area contributed by atoms with Crippen LogP contribution < -0.4 is 10.2 Å². The van der Waals surface area contributed by atoms with Gasteiger partial charge in [-0.2, -0.15) is 5.10 Å². The number of rotatable bonds is 4. The molecule has 1 aromatic carbocycles. The fraction of sp³-hybridized carbons (Fsp3) is 0.474. The second-order valence-electron chi connectivity index (χ2n) is 6.96. The van der Waals surface area contributed by atoms with Crippen LogP contribution >= 0.6 is 24.0 Å². The Kier molecular flexibility index (Phi) is 7.46. The number of hydrogen-bond donors (Lipinski definition) is 1. The van der Waals surface area contributed by atoms with Gasteiger partial charge < -0.3 is 15.1 Å². The van der Waals surface area contributed by atoms with Gasteiger partial charge in [0.05, 0.1) is 11.9 Å². The van der Waals surface area contributed by atoms with Crippen LogP contribution in [0.15, 0.2) is 35.6 Å². The average Bonchev–Trinajstić information content (AvgIpc) is 3.24. The second kappa shape index (κ2) is 9.38. The average molecular weight is 486 g/mol. The Morgan fingerprint density at radius 2 is 2.19 bits per heavy atom. The number of aliphatic imine (C=N–C) groups is 1. The van der Waals surface area contributed by atoms with E-state index in [4.69, 9.17) is 0 Å². The first-order chi connectivity index (χ1) is 12.5. The fourth-order valence-electron chi connectivity index (χ4n) is 3.41. The minimum absolute atomic E-state index is 0. The molecule has 1 aliphatic rings. The predicted molar refractivity (Wildman–Crippen MR) is 118 cm³/mol. The summed E-state index contributed by atoms with van der Waals surface area (Å²) in [6.07, 6.45) is 5.11. The molecular weight excluding hydrogens is 458 g/mol. The lowest BCUT2D eigenvalue weighted by molar-refractivity contribution is 0.485. The Labute approximate surface area is 177 Å². The lowest BCUT2D eigenvalue weighted by atomic mass is 10.0. The maximum Gasteiger partial charge on any atom is 0.193 e. The van der Waals surface area contributed by atoms with Crippen molar-refractivity contribution in [1.82, 2.24) is 20.0 Å². The van der Waals surface area contributed by atoms with Crippen LogP contribution in [-0.4, -0.2) is 54.9 Å². The van der Waals surface area contributed by atoms with Gasteiger partial charge in [-0.15, -0.1) is 24.0 Å². The molecule has 1 atom stereocenters. The van der Waals surface area contributed by atoms with Gasteiger partial charge in [-0.1, -0.05) is 6.07 Å². The zero-order valence-corrected chi connectivity index (χ0v) is 18.6. The van der Waals surface area contributed by atoms with Crippen molar-refractivity contribution in [2.75, 3.05) is 39.1 Å². The summed E-state index contributed by atoms with van der Waals surface area (Å²) < 4.78 is 16.0. The van der Waals surface area contributed by atoms with Crippen molar-refractivity contribution in [2.24, 2.45) is 12.0 Å². The van der Waals surface area contributed by atoms with Gasteiger partial charge >= 0.3 is 0 Å². The van der Waals surface area contributed by atoms with Gasteiger partial charge in [-0.05, 0) is 29.7 Å². The van der Waals surface area contributed by atoms with Crippen molar-refractivity contribution in [3.05, 3.63) is 47.5 Å². The minimum Gasteiger partial charge on any atom is -0.375 e. The number of nitrogens with zero attached hydrogens (tertiary/aromatic N) is 5. The topological polar surface area (TPSA) is 48.7 Å². The lowest BCUT2D eigenvalue weighted by Crippen LogP contribution is -2.39. The van der Waals surface area contributed by atoms with Crippen molar-refractivity contribution in [3.8, 4) is 0 Å². The van der Waals surface area contributed by atoms with Crippen LogP contribution in [0.2, 0.25) is 0 Å². The Hall–Kier alpha value is -1.84. The minimum atomic E-state index is -0.206. The molecule has 1 saturated heterocycles. The molecule has 27 heavy (non-hydrogen) atoms. The molecule has 2 aromatic rings. The maximum atomic E-state index is 14.1. The van der Waals surface area contributed by atoms with E-state index in [1.54, 1.807) is 18.0 Å². The summed E-state index contributed by atoms with van der Waals surface area (Å²) in [4.78, 5) is 8.42. The largest absolute Gasteiger partial charge is 0.375 e. The van der Waals surface area contributed by atoms with Crippen LogP contribution in [0.3, 0.4) is 0 Å². The Bertz CT molecular complexity index is 788. The van der Waals surface area contributed by atoms with Crippen LogP contribution in [-0.2, 0) is 13.6 Å². The quantitative estimate of drug-likeness (QED) is 0.411. The third-order valence-corrected chi connectivity index (χ3v) is 4.84. The van der Waals surface area contributed by atoms with E-state index in [2.05, 4.69) is 26.5 Å². The predicted octanol–water partition coefficient (Wildman–Crippen LogP) is 2.81. The summed E-state index contributed by atoms with van der Waals surface area (Å²) in [6, 6.07) is 5.34. The van der Waals surface area contributed by atoms with Crippen LogP contribution in [0.25, 0.3) is 0 Å². The van der Waals surface area contributed by atoms with Gasteiger partial charge in [0.1, 0.15) is 5.82 Å². The molecule has 0 spiro atoms. The molecule has 1 unspecified atom stereocenters. The monoisotopic (exact) mass is 486 g/mol. The molecule has 0 bridgehead atoms. The second-order valence-corrected chi connectivity index (χ2v) is 6.96. The van der Waals surface area contributed by atoms with Crippen molar-refractivity contribution in [3.63, 3.8) is 0 Å². The summed E-state index contributed by atoms with van der Waals surface area (Å²) in [5, 5.41) is 7.62. The van der Waals surface area contributed by atoms with Crippen molar-refractivity contribution < 1.29 is 4.39 Å². The van der Waals surface area contributed by atoms with Crippen molar-refractivity contribution in [1.29, 1.82) is 0 Å². The van der Waals surface area contributed by atoms with Gasteiger partial charge in [-0.3, -0.25) is 9.67 Å². The molecule has 148 valence electrons. The number of halogens is 2. The van der Waals surface area contributed by atoms with Crippen molar-refractivity contribution >= 4 is 35.6 Å². The van der Waals surface area contributed by atoms with Gasteiger partial charge in [0.25, 0.3) is 0 Å². The van der Waals surface area contributed by atoms with E-state index in [1.807, 2.05) is 44.2 Å². The summed E-state index contributed by atoms with van der Waals surface area (Å²) in [7, 11) is 7.40. The SMILES string of the molecule is CN=C(NCc1ccc(N(C)C)c(F)c1)N1CCC(c2cnn(C)c2)C1.I. The lowest BCUT2D eigenvalue weighted by Gasteiger charge is -2.22. The number of hydrogen-bond acceptors (Lipinski definition) is 3. The highest BCUT2D eigenvalue weighted by Crippen LogP contribution is 2.26. The van der Waals surface area contributed by atoms with Gasteiger partial charge in [-0.25, -0.2) is 4.39 Å². The highest BCUT2D eigenvalue weighted by atomic mass is 127. The van der Waals surface area contributed by atoms with Crippen LogP contribution in [0.1, 0.15) is 23.5 Å². The van der Waals surface area contributed by atoms with Crippen LogP contribution in [0.4, 0.5) is 10.1 Å². The molecule has 6 nitrogen and oxygen atoms in total. The number of benzene rings is 1. The first kappa shape index (κ1) is 21.5. The molecule has 2 heterocycles. The molecule has 8 heteroatoms. The highest BCUT2D eigenvalue weighted by Gasteiger charge is 2.26. The standard InChI is InChI=1S/C19H27FN6.HI/c1-21-19(22-10-14-5-6-18(24(2)3)17(20)9-14)26-8-7-15(13-26)16-11-23-25(4)12-16;/h5-6,9,11-12,15H,7-8,10,13H2,1-4H3,(H,21,22);1H. The molecule has 1 aliphatic heterocycles. The number of anilines is 1. The number of aromatic nitrogens is 2. The van der Waals surface area contributed by atoms with Gasteiger partial charge in [0, 0.05) is 59.9 Å². The summed E-state index contributed by atoms with van der Waals surface area (Å²) >= 11 is 0. The number of aryl methyl sites for hydroxylation is 1. The van der Waals surface area contributed by atoms with Crippen molar-refractivity contribution in [2.45, 2.75) is 18.9 Å². The van der Waals surface area contributed by atoms with E-state index in [0.29, 0.717) is 18.2 Å². The van der Waals surface area contributed by atoms with Gasteiger partial charge in [0.15, 0.2) is 5.96 Å². The molecule has 0 aliphatic carbocycles. The highest BCUT2D eigenvalue weighted by molar-refractivity contribution is 14.0. The molecule has 1 N–H and O–H groups in total. The Balaban J connectivity index is 0.00000261. The summed E-state index contributed by atoms with van der Waals surface area (Å²) in [6.45, 7) is 2.41. The number of likely N-dealkylation sites (tertiary alicyclic amines) is 1. The van der Waals surface area contributed by atoms with Gasteiger partial charge in [0.2, 0.25) is 0 Å². The maximum absolute atomic E-state index is 14.1. The van der Waals surface area contributed by atoms with E-state index in [9.17, 15) is 4.39 Å². The van der Waals surface area contributed by atoms with Crippen LogP contribution in [0, 0.1) is 5.82 Å². The molecule has 0 radical (unpaired) electrons.